The summed E-state index contributed by atoms with van der Waals surface area (Å²) in [5.41, 5.74) is 0. The van der Waals surface area contributed by atoms with Crippen LogP contribution in [0, 0.1) is 0 Å². The molecule has 0 radical (unpaired) electrons. The number of carbonyl (C=O) groups is 1. The van der Waals surface area contributed by atoms with Crippen molar-refractivity contribution in [1.82, 2.24) is 0 Å². The zero-order valence-corrected chi connectivity index (χ0v) is 11.3. The predicted molar refractivity (Wildman–Crippen MR) is 72.9 cm³/mol. The van der Waals surface area contributed by atoms with Crippen molar-refractivity contribution in [3.8, 4) is 0 Å². The highest BCUT2D eigenvalue weighted by Crippen LogP contribution is 2.13. The Bertz CT molecular complexity index is 231. The second-order valence-electron chi connectivity index (χ2n) is 4.20. The van der Waals surface area contributed by atoms with Crippen LogP contribution >= 0.6 is 0 Å². The molecule has 0 aliphatic heterocycles. The van der Waals surface area contributed by atoms with E-state index in [-0.39, 0.29) is 12.1 Å². The van der Waals surface area contributed by atoms with Gasteiger partial charge in [0.1, 0.15) is 6.10 Å². The Morgan fingerprint density at radius 1 is 1.29 bits per heavy atom. The minimum atomic E-state index is -0.0841. The molecule has 17 heavy (non-hydrogen) atoms. The van der Waals surface area contributed by atoms with Crippen molar-refractivity contribution in [1.29, 1.82) is 0 Å². The molecule has 2 nitrogen and oxygen atoms in total. The molecule has 0 aromatic heterocycles. The lowest BCUT2D eigenvalue weighted by molar-refractivity contribution is -0.149. The van der Waals surface area contributed by atoms with Crippen LogP contribution < -0.4 is 0 Å². The number of esters is 1. The summed E-state index contributed by atoms with van der Waals surface area (Å²) >= 11 is 0. The maximum atomic E-state index is 11.3. The molecule has 0 saturated carbocycles. The summed E-state index contributed by atoms with van der Waals surface area (Å²) in [7, 11) is 0. The SMILES string of the molecule is C=CC=CCCC(CCCCC)OC(=O)CC. The lowest BCUT2D eigenvalue weighted by Crippen LogP contribution is -2.17. The largest absolute Gasteiger partial charge is 0.462 e. The van der Waals surface area contributed by atoms with Crippen LogP contribution in [0.25, 0.3) is 0 Å². The Kier molecular flexibility index (Phi) is 10.7. The maximum absolute atomic E-state index is 11.3. The van der Waals surface area contributed by atoms with Gasteiger partial charge in [-0.2, -0.15) is 0 Å². The van der Waals surface area contributed by atoms with Crippen molar-refractivity contribution < 1.29 is 9.53 Å². The Labute approximate surface area is 106 Å². The van der Waals surface area contributed by atoms with Gasteiger partial charge in [-0.3, -0.25) is 4.79 Å². The van der Waals surface area contributed by atoms with E-state index in [9.17, 15) is 4.79 Å². The van der Waals surface area contributed by atoms with Crippen LogP contribution in [0.1, 0.15) is 58.8 Å². The van der Waals surface area contributed by atoms with Gasteiger partial charge < -0.3 is 4.74 Å². The minimum absolute atomic E-state index is 0.0841. The van der Waals surface area contributed by atoms with Gasteiger partial charge in [-0.05, 0) is 25.7 Å². The monoisotopic (exact) mass is 238 g/mol. The Balaban J connectivity index is 3.95. The maximum Gasteiger partial charge on any atom is 0.305 e. The van der Waals surface area contributed by atoms with Gasteiger partial charge in [0.15, 0.2) is 0 Å². The van der Waals surface area contributed by atoms with E-state index in [1.54, 1.807) is 6.08 Å². The molecular formula is C15H26O2. The average Bonchev–Trinajstić information content (AvgIpc) is 2.34. The van der Waals surface area contributed by atoms with Crippen molar-refractivity contribution in [3.63, 3.8) is 0 Å². The van der Waals surface area contributed by atoms with E-state index >= 15 is 0 Å². The van der Waals surface area contributed by atoms with Crippen molar-refractivity contribution >= 4 is 5.97 Å². The standard InChI is InChI=1S/C15H26O2/c1-4-7-9-11-13-14(12-10-8-5-2)17-15(16)6-3/h4,7,9,14H,1,5-6,8,10-13H2,2-3H3. The number of ether oxygens (including phenoxy) is 1. The first-order valence-electron chi connectivity index (χ1n) is 6.71. The fourth-order valence-corrected chi connectivity index (χ4v) is 1.63. The second-order valence-corrected chi connectivity index (χ2v) is 4.20. The minimum Gasteiger partial charge on any atom is -0.462 e. The second kappa shape index (κ2) is 11.4. The topological polar surface area (TPSA) is 26.3 Å². The van der Waals surface area contributed by atoms with E-state index in [0.29, 0.717) is 6.42 Å². The summed E-state index contributed by atoms with van der Waals surface area (Å²) in [6.45, 7) is 7.64. The van der Waals surface area contributed by atoms with Gasteiger partial charge in [-0.25, -0.2) is 0 Å². The highest BCUT2D eigenvalue weighted by Gasteiger charge is 2.11. The summed E-state index contributed by atoms with van der Waals surface area (Å²) in [6, 6.07) is 0. The van der Waals surface area contributed by atoms with Crippen LogP contribution in [0.2, 0.25) is 0 Å². The van der Waals surface area contributed by atoms with Gasteiger partial charge in [-0.15, -0.1) is 0 Å². The Morgan fingerprint density at radius 3 is 2.65 bits per heavy atom. The molecular weight excluding hydrogens is 212 g/mol. The first-order chi connectivity index (χ1) is 8.24. The highest BCUT2D eigenvalue weighted by molar-refractivity contribution is 5.69. The molecule has 0 aromatic rings. The van der Waals surface area contributed by atoms with Crippen LogP contribution in [-0.4, -0.2) is 12.1 Å². The van der Waals surface area contributed by atoms with Gasteiger partial charge in [0.05, 0.1) is 0 Å². The third-order valence-electron chi connectivity index (χ3n) is 2.64. The van der Waals surface area contributed by atoms with Crippen LogP contribution in [0.15, 0.2) is 24.8 Å². The molecule has 0 N–H and O–H groups in total. The number of carbonyl (C=O) groups excluding carboxylic acids is 1. The number of allylic oxidation sites excluding steroid dienone is 3. The molecule has 0 bridgehead atoms. The first-order valence-corrected chi connectivity index (χ1v) is 6.71. The molecule has 0 aliphatic rings. The Hall–Kier alpha value is -1.05. The Morgan fingerprint density at radius 2 is 2.06 bits per heavy atom. The lowest BCUT2D eigenvalue weighted by Gasteiger charge is -2.16. The predicted octanol–water partition coefficient (Wildman–Crippen LogP) is 4.41. The summed E-state index contributed by atoms with van der Waals surface area (Å²) in [4.78, 5) is 11.3. The number of rotatable bonds is 10. The quantitative estimate of drug-likeness (QED) is 0.320. The normalized spacial score (nSPS) is 12.6. The zero-order valence-electron chi connectivity index (χ0n) is 11.3. The van der Waals surface area contributed by atoms with Crippen molar-refractivity contribution in [2.24, 2.45) is 0 Å². The van der Waals surface area contributed by atoms with Gasteiger partial charge in [0.25, 0.3) is 0 Å². The smallest absolute Gasteiger partial charge is 0.305 e. The van der Waals surface area contributed by atoms with E-state index in [4.69, 9.17) is 4.74 Å². The number of hydrogen-bond donors (Lipinski definition) is 0. The third kappa shape index (κ3) is 9.86. The van der Waals surface area contributed by atoms with Crippen molar-refractivity contribution in [3.05, 3.63) is 24.8 Å². The molecule has 0 heterocycles. The van der Waals surface area contributed by atoms with Gasteiger partial charge in [0.2, 0.25) is 0 Å². The molecule has 0 aliphatic carbocycles. The van der Waals surface area contributed by atoms with Crippen molar-refractivity contribution in [2.45, 2.75) is 64.9 Å². The molecule has 98 valence electrons. The molecule has 0 aromatic carbocycles. The lowest BCUT2D eigenvalue weighted by atomic mass is 10.1. The number of unbranched alkanes of at least 4 members (excludes halogenated alkanes) is 2. The van der Waals surface area contributed by atoms with E-state index in [1.165, 1.54) is 12.8 Å². The fraction of sp³-hybridized carbons (Fsp3) is 0.667. The van der Waals surface area contributed by atoms with E-state index in [2.05, 4.69) is 19.6 Å². The molecule has 1 unspecified atom stereocenters. The van der Waals surface area contributed by atoms with Crippen molar-refractivity contribution in [2.75, 3.05) is 0 Å². The van der Waals surface area contributed by atoms with Crippen LogP contribution in [0.5, 0.6) is 0 Å². The molecule has 0 saturated heterocycles. The fourth-order valence-electron chi connectivity index (χ4n) is 1.63. The molecule has 0 rings (SSSR count). The van der Waals surface area contributed by atoms with Gasteiger partial charge >= 0.3 is 5.97 Å². The molecule has 0 amide bonds. The molecule has 0 fully saturated rings. The van der Waals surface area contributed by atoms with Gasteiger partial charge in [0, 0.05) is 6.42 Å². The average molecular weight is 238 g/mol. The summed E-state index contributed by atoms with van der Waals surface area (Å²) in [6.07, 6.45) is 12.7. The van der Waals surface area contributed by atoms with E-state index in [0.717, 1.165) is 25.7 Å². The first kappa shape index (κ1) is 16.0. The highest BCUT2D eigenvalue weighted by atomic mass is 16.5. The summed E-state index contributed by atoms with van der Waals surface area (Å²) in [5.74, 6) is -0.0841. The van der Waals surface area contributed by atoms with E-state index < -0.39 is 0 Å². The van der Waals surface area contributed by atoms with Crippen LogP contribution in [-0.2, 0) is 9.53 Å². The summed E-state index contributed by atoms with van der Waals surface area (Å²) in [5, 5.41) is 0. The molecule has 0 spiro atoms. The van der Waals surface area contributed by atoms with Gasteiger partial charge in [-0.1, -0.05) is 51.5 Å². The van der Waals surface area contributed by atoms with Crippen LogP contribution in [0.4, 0.5) is 0 Å². The van der Waals surface area contributed by atoms with Crippen LogP contribution in [0.3, 0.4) is 0 Å². The van der Waals surface area contributed by atoms with E-state index in [1.807, 2.05) is 13.0 Å². The number of hydrogen-bond acceptors (Lipinski definition) is 2. The third-order valence-corrected chi connectivity index (χ3v) is 2.64. The summed E-state index contributed by atoms with van der Waals surface area (Å²) < 4.78 is 5.43. The molecule has 1 atom stereocenters. The zero-order chi connectivity index (χ0) is 12.9. The molecule has 2 heteroatoms.